The summed E-state index contributed by atoms with van der Waals surface area (Å²) in [6, 6.07) is 4.75. The summed E-state index contributed by atoms with van der Waals surface area (Å²) >= 11 is 0. The minimum atomic E-state index is -0.734. The summed E-state index contributed by atoms with van der Waals surface area (Å²) in [5.74, 6) is -0.507. The third-order valence-corrected chi connectivity index (χ3v) is 2.35. The van der Waals surface area contributed by atoms with Crippen molar-refractivity contribution in [3.05, 3.63) is 35.8 Å². The summed E-state index contributed by atoms with van der Waals surface area (Å²) in [6.07, 6.45) is 0.923. The summed E-state index contributed by atoms with van der Waals surface area (Å²) in [5.41, 5.74) is 6.01. The van der Waals surface area contributed by atoms with Gasteiger partial charge in [0.15, 0.2) is 11.5 Å². The van der Waals surface area contributed by atoms with Gasteiger partial charge >= 0.3 is 0 Å². The second-order valence-electron chi connectivity index (χ2n) is 3.63. The van der Waals surface area contributed by atoms with Crippen LogP contribution in [-0.4, -0.2) is 22.2 Å². The quantitative estimate of drug-likeness (QED) is 0.870. The van der Waals surface area contributed by atoms with Crippen molar-refractivity contribution in [2.24, 2.45) is 0 Å². The Morgan fingerprint density at radius 1 is 1.37 bits per heavy atom. The van der Waals surface area contributed by atoms with Crippen LogP contribution in [0.5, 0.6) is 17.4 Å². The lowest BCUT2D eigenvalue weighted by Gasteiger charge is -2.11. The largest absolute Gasteiger partial charge is 0.493 e. The molecule has 1 aromatic heterocycles. The van der Waals surface area contributed by atoms with Gasteiger partial charge in [-0.1, -0.05) is 6.07 Å². The zero-order chi connectivity index (χ0) is 13.8. The summed E-state index contributed by atoms with van der Waals surface area (Å²) in [6.45, 7) is -0.133. The van der Waals surface area contributed by atoms with E-state index in [2.05, 4.69) is 9.97 Å². The monoisotopic (exact) mass is 265 g/mol. The fourth-order valence-electron chi connectivity index (χ4n) is 1.43. The van der Waals surface area contributed by atoms with Crippen LogP contribution in [0.15, 0.2) is 24.4 Å². The van der Waals surface area contributed by atoms with E-state index >= 15 is 0 Å². The molecule has 0 amide bonds. The molecule has 0 saturated heterocycles. The van der Waals surface area contributed by atoms with Crippen LogP contribution in [0.25, 0.3) is 0 Å². The van der Waals surface area contributed by atoms with Crippen molar-refractivity contribution in [2.45, 2.75) is 6.61 Å². The van der Waals surface area contributed by atoms with Crippen molar-refractivity contribution < 1.29 is 19.0 Å². The average molecular weight is 265 g/mol. The lowest BCUT2D eigenvalue weighted by Crippen LogP contribution is -2.00. The van der Waals surface area contributed by atoms with Gasteiger partial charge in [-0.05, 0) is 17.7 Å². The summed E-state index contributed by atoms with van der Waals surface area (Å²) in [5, 5.41) is 9.03. The number of nitrogen functional groups attached to an aromatic ring is 1. The first kappa shape index (κ1) is 13.0. The van der Waals surface area contributed by atoms with Gasteiger partial charge in [-0.3, -0.25) is 0 Å². The molecule has 100 valence electrons. The number of aliphatic hydroxyl groups is 1. The smallest absolute Gasteiger partial charge is 0.261 e. The third-order valence-electron chi connectivity index (χ3n) is 2.35. The Hall–Kier alpha value is -2.41. The first-order valence-electron chi connectivity index (χ1n) is 5.37. The molecule has 6 nitrogen and oxygen atoms in total. The second kappa shape index (κ2) is 5.49. The van der Waals surface area contributed by atoms with E-state index < -0.39 is 5.82 Å². The molecular formula is C12H12FN3O3. The zero-order valence-electron chi connectivity index (χ0n) is 10.1. The molecule has 19 heavy (non-hydrogen) atoms. The minimum absolute atomic E-state index is 0.0951. The standard InChI is InChI=1S/C12H12FN3O3/c1-18-10-4-7(6-17)2-3-9(10)19-11-8(13)5-15-12(14)16-11/h2-5,17H,6H2,1H3,(H2,14,15,16). The van der Waals surface area contributed by atoms with Crippen LogP contribution in [0.2, 0.25) is 0 Å². The fraction of sp³-hybridized carbons (Fsp3) is 0.167. The van der Waals surface area contributed by atoms with E-state index in [4.69, 9.17) is 20.3 Å². The lowest BCUT2D eigenvalue weighted by atomic mass is 10.2. The average Bonchev–Trinajstić information content (AvgIpc) is 2.43. The zero-order valence-corrected chi connectivity index (χ0v) is 10.1. The van der Waals surface area contributed by atoms with E-state index in [0.29, 0.717) is 11.3 Å². The number of nitrogens with two attached hydrogens (primary N) is 1. The van der Waals surface area contributed by atoms with E-state index in [1.165, 1.54) is 7.11 Å². The predicted octanol–water partition coefficient (Wildman–Crippen LogP) is 1.49. The molecule has 0 aliphatic rings. The van der Waals surface area contributed by atoms with Crippen LogP contribution >= 0.6 is 0 Å². The molecule has 3 N–H and O–H groups in total. The highest BCUT2D eigenvalue weighted by atomic mass is 19.1. The van der Waals surface area contributed by atoms with Crippen molar-refractivity contribution in [1.29, 1.82) is 0 Å². The third kappa shape index (κ3) is 2.89. The van der Waals surface area contributed by atoms with Gasteiger partial charge in [-0.15, -0.1) is 0 Å². The number of aromatic nitrogens is 2. The Kier molecular flexibility index (Phi) is 3.76. The molecule has 0 atom stereocenters. The van der Waals surface area contributed by atoms with E-state index in [9.17, 15) is 4.39 Å². The van der Waals surface area contributed by atoms with Crippen molar-refractivity contribution in [1.82, 2.24) is 9.97 Å². The second-order valence-corrected chi connectivity index (χ2v) is 3.63. The molecule has 0 aliphatic heterocycles. The highest BCUT2D eigenvalue weighted by Gasteiger charge is 2.12. The maximum atomic E-state index is 13.5. The van der Waals surface area contributed by atoms with Crippen LogP contribution in [0.1, 0.15) is 5.56 Å². The lowest BCUT2D eigenvalue weighted by molar-refractivity contribution is 0.280. The van der Waals surface area contributed by atoms with Gasteiger partial charge in [0.25, 0.3) is 5.88 Å². The number of halogens is 1. The molecule has 0 saturated carbocycles. The molecular weight excluding hydrogens is 253 g/mol. The van der Waals surface area contributed by atoms with Crippen molar-refractivity contribution >= 4 is 5.95 Å². The van der Waals surface area contributed by atoms with Gasteiger partial charge in [0.05, 0.1) is 19.9 Å². The fourth-order valence-corrected chi connectivity index (χ4v) is 1.43. The van der Waals surface area contributed by atoms with Gasteiger partial charge in [0.1, 0.15) is 0 Å². The maximum Gasteiger partial charge on any atom is 0.261 e. The predicted molar refractivity (Wildman–Crippen MR) is 65.4 cm³/mol. The molecule has 1 heterocycles. The van der Waals surface area contributed by atoms with Gasteiger partial charge in [0, 0.05) is 0 Å². The normalized spacial score (nSPS) is 10.3. The van der Waals surface area contributed by atoms with Gasteiger partial charge in [0.2, 0.25) is 11.8 Å². The highest BCUT2D eigenvalue weighted by Crippen LogP contribution is 2.32. The minimum Gasteiger partial charge on any atom is -0.493 e. The maximum absolute atomic E-state index is 13.5. The van der Waals surface area contributed by atoms with Crippen molar-refractivity contribution in [2.75, 3.05) is 12.8 Å². The number of hydrogen-bond donors (Lipinski definition) is 2. The molecule has 0 aliphatic carbocycles. The summed E-state index contributed by atoms with van der Waals surface area (Å²) < 4.78 is 23.8. The van der Waals surface area contributed by atoms with Crippen molar-refractivity contribution in [3.63, 3.8) is 0 Å². The van der Waals surface area contributed by atoms with Crippen LogP contribution in [0.4, 0.5) is 10.3 Å². The number of hydrogen-bond acceptors (Lipinski definition) is 6. The molecule has 0 unspecified atom stereocenters. The molecule has 1 aromatic carbocycles. The highest BCUT2D eigenvalue weighted by molar-refractivity contribution is 5.44. The Morgan fingerprint density at radius 2 is 2.16 bits per heavy atom. The van der Waals surface area contributed by atoms with E-state index in [-0.39, 0.29) is 24.2 Å². The number of methoxy groups -OCH3 is 1. The number of ether oxygens (including phenoxy) is 2. The SMILES string of the molecule is COc1cc(CO)ccc1Oc1nc(N)ncc1F. The first-order valence-corrected chi connectivity index (χ1v) is 5.37. The molecule has 2 rings (SSSR count). The van der Waals surface area contributed by atoms with Crippen LogP contribution < -0.4 is 15.2 Å². The molecule has 2 aromatic rings. The van der Waals surface area contributed by atoms with E-state index in [1.807, 2.05) is 0 Å². The Bertz CT molecular complexity index is 592. The Balaban J connectivity index is 2.35. The van der Waals surface area contributed by atoms with Crippen LogP contribution in [0, 0.1) is 5.82 Å². The van der Waals surface area contributed by atoms with Gasteiger partial charge < -0.3 is 20.3 Å². The number of benzene rings is 1. The number of anilines is 1. The molecule has 0 bridgehead atoms. The molecule has 0 radical (unpaired) electrons. The van der Waals surface area contributed by atoms with E-state index in [1.54, 1.807) is 18.2 Å². The van der Waals surface area contributed by atoms with Crippen LogP contribution in [-0.2, 0) is 6.61 Å². The Labute approximate surface area is 108 Å². The number of aliphatic hydroxyl groups excluding tert-OH is 1. The van der Waals surface area contributed by atoms with E-state index in [0.717, 1.165) is 6.20 Å². The molecule has 0 fully saturated rings. The Morgan fingerprint density at radius 3 is 2.84 bits per heavy atom. The number of rotatable bonds is 4. The number of nitrogens with zero attached hydrogens (tertiary/aromatic N) is 2. The van der Waals surface area contributed by atoms with Gasteiger partial charge in [-0.25, -0.2) is 4.98 Å². The summed E-state index contributed by atoms with van der Waals surface area (Å²) in [4.78, 5) is 7.15. The first-order chi connectivity index (χ1) is 9.13. The molecule has 7 heteroatoms. The summed E-state index contributed by atoms with van der Waals surface area (Å²) in [7, 11) is 1.44. The topological polar surface area (TPSA) is 90.5 Å². The van der Waals surface area contributed by atoms with Gasteiger partial charge in [-0.2, -0.15) is 9.37 Å². The van der Waals surface area contributed by atoms with Crippen LogP contribution in [0.3, 0.4) is 0 Å². The molecule has 0 spiro atoms. The van der Waals surface area contributed by atoms with Crippen molar-refractivity contribution in [3.8, 4) is 17.4 Å².